The molecule has 2 heterocycles. The van der Waals surface area contributed by atoms with Gasteiger partial charge in [-0.1, -0.05) is 12.1 Å². The number of hydrogen-bond donors (Lipinski definition) is 3. The van der Waals surface area contributed by atoms with E-state index < -0.39 is 41.0 Å². The van der Waals surface area contributed by atoms with Crippen LogP contribution in [0, 0.1) is 11.6 Å². The lowest BCUT2D eigenvalue weighted by Crippen LogP contribution is -2.45. The lowest BCUT2D eigenvalue weighted by atomic mass is 10.1. The van der Waals surface area contributed by atoms with Crippen LogP contribution in [0.5, 0.6) is 5.75 Å². The first-order valence-corrected chi connectivity index (χ1v) is 14.2. The molecule has 0 saturated carbocycles. The van der Waals surface area contributed by atoms with Crippen LogP contribution in [0.4, 0.5) is 14.5 Å². The van der Waals surface area contributed by atoms with Crippen molar-refractivity contribution in [2.75, 3.05) is 19.0 Å². The van der Waals surface area contributed by atoms with E-state index in [0.717, 1.165) is 18.2 Å². The highest BCUT2D eigenvalue weighted by Gasteiger charge is 2.22. The van der Waals surface area contributed by atoms with E-state index in [1.165, 1.54) is 41.2 Å². The molecule has 0 saturated heterocycles. The lowest BCUT2D eigenvalue weighted by molar-refractivity contribution is -0.129. The predicted octanol–water partition coefficient (Wildman–Crippen LogP) is 3.25. The summed E-state index contributed by atoms with van der Waals surface area (Å²) in [5.74, 6) is -2.73. The zero-order valence-corrected chi connectivity index (χ0v) is 24.4. The molecule has 11 nitrogen and oxygen atoms in total. The third-order valence-electron chi connectivity index (χ3n) is 6.24. The fourth-order valence-corrected chi connectivity index (χ4v) is 5.19. The second kappa shape index (κ2) is 15.0. The highest BCUT2D eigenvalue weighted by molar-refractivity contribution is 7.19. The molecule has 0 spiro atoms. The molecule has 0 aliphatic carbocycles. The quantitative estimate of drug-likeness (QED) is 0.182. The van der Waals surface area contributed by atoms with Crippen LogP contribution >= 0.6 is 11.3 Å². The summed E-state index contributed by atoms with van der Waals surface area (Å²) < 4.78 is 40.0. The van der Waals surface area contributed by atoms with Crippen LogP contribution in [-0.4, -0.2) is 47.0 Å². The summed E-state index contributed by atoms with van der Waals surface area (Å²) in [6.07, 6.45) is 4.58. The van der Waals surface area contributed by atoms with Crippen molar-refractivity contribution in [2.45, 2.75) is 32.0 Å². The molecular weight excluding hydrogens is 596 g/mol. The third-order valence-corrected chi connectivity index (χ3v) is 7.31. The maximum Gasteiger partial charge on any atom is 0.274 e. The number of fused-ring (bicyclic) bond motifs is 1. The molecule has 4 rings (SSSR count). The number of pyridine rings is 1. The van der Waals surface area contributed by atoms with E-state index in [-0.39, 0.29) is 43.9 Å². The van der Waals surface area contributed by atoms with Gasteiger partial charge in [-0.2, -0.15) is 0 Å². The van der Waals surface area contributed by atoms with Crippen LogP contribution < -0.4 is 26.7 Å². The van der Waals surface area contributed by atoms with Gasteiger partial charge >= 0.3 is 0 Å². The first-order valence-electron chi connectivity index (χ1n) is 13.3. The highest BCUT2D eigenvalue weighted by atomic mass is 32.1. The third kappa shape index (κ3) is 8.55. The summed E-state index contributed by atoms with van der Waals surface area (Å²) in [5.41, 5.74) is 5.38. The minimum absolute atomic E-state index is 0.0115. The topological polar surface area (TPSA) is 155 Å². The van der Waals surface area contributed by atoms with Gasteiger partial charge in [-0.15, -0.1) is 11.3 Å². The van der Waals surface area contributed by atoms with Gasteiger partial charge in [0.2, 0.25) is 17.7 Å². The number of primary amides is 1. The van der Waals surface area contributed by atoms with E-state index in [0.29, 0.717) is 21.0 Å². The molecule has 4 aromatic rings. The molecule has 14 heteroatoms. The number of ether oxygens (including phenoxy) is 2. The molecule has 0 aliphatic rings. The van der Waals surface area contributed by atoms with E-state index in [4.69, 9.17) is 15.2 Å². The van der Waals surface area contributed by atoms with Gasteiger partial charge in [-0.3, -0.25) is 19.2 Å². The van der Waals surface area contributed by atoms with Gasteiger partial charge in [-0.05, 0) is 55.3 Å². The number of anilines is 1. The molecule has 4 N–H and O–H groups in total. The molecule has 44 heavy (non-hydrogen) atoms. The van der Waals surface area contributed by atoms with E-state index in [2.05, 4.69) is 15.6 Å². The van der Waals surface area contributed by atoms with Gasteiger partial charge in [0.25, 0.3) is 5.56 Å². The van der Waals surface area contributed by atoms with Crippen LogP contribution in [0.1, 0.15) is 23.4 Å². The molecule has 230 valence electrons. The number of nitrogens with one attached hydrogen (secondary N) is 2. The predicted molar refractivity (Wildman–Crippen MR) is 160 cm³/mol. The van der Waals surface area contributed by atoms with Gasteiger partial charge in [0, 0.05) is 24.9 Å². The first kappa shape index (κ1) is 32.0. The van der Waals surface area contributed by atoms with Crippen molar-refractivity contribution in [1.82, 2.24) is 14.9 Å². The number of amides is 3. The van der Waals surface area contributed by atoms with E-state index in [1.807, 2.05) is 0 Å². The van der Waals surface area contributed by atoms with E-state index in [1.54, 1.807) is 30.5 Å². The zero-order valence-electron chi connectivity index (χ0n) is 23.5. The zero-order chi connectivity index (χ0) is 31.6. The van der Waals surface area contributed by atoms with Crippen molar-refractivity contribution in [1.29, 1.82) is 0 Å². The molecule has 1 atom stereocenters. The molecule has 0 bridgehead atoms. The van der Waals surface area contributed by atoms with E-state index in [9.17, 15) is 28.0 Å². The molecule has 2 aromatic heterocycles. The van der Waals surface area contributed by atoms with Gasteiger partial charge in [0.1, 0.15) is 47.3 Å². The summed E-state index contributed by atoms with van der Waals surface area (Å²) in [7, 11) is 1.34. The second-order valence-corrected chi connectivity index (χ2v) is 10.6. The average molecular weight is 626 g/mol. The Hall–Kier alpha value is -4.95. The number of aromatic nitrogens is 2. The lowest BCUT2D eigenvalue weighted by Gasteiger charge is -2.18. The number of nitrogens with two attached hydrogens (primary N) is 1. The van der Waals surface area contributed by atoms with Gasteiger partial charge in [0.15, 0.2) is 0 Å². The molecular formula is C30H29F2N5O6S. The standard InChI is InChI=1S/C30H29F2N5O6S/c1-42-17-26(39)34-22(6-2-3-10-25(33)38)29(40)36-23-8-5-13-37(30(23)41)15-27-35-21-7-4-9-24(28(21)44-27)43-16-18-11-12-19(31)14-20(18)32/h3-5,7-14,22H,2,6,15-17H2,1H3,(H2,33,38)(H,34,39)(H,36,40)/b10-3+/t22-/m0/s1. The number of methoxy groups -OCH3 is 1. The van der Waals surface area contributed by atoms with Crippen molar-refractivity contribution in [3.63, 3.8) is 0 Å². The molecule has 0 radical (unpaired) electrons. The number of hydrogen-bond acceptors (Lipinski definition) is 8. The molecule has 3 amide bonds. The Labute approximate surface area is 254 Å². The summed E-state index contributed by atoms with van der Waals surface area (Å²) in [4.78, 5) is 54.0. The van der Waals surface area contributed by atoms with Crippen molar-refractivity contribution in [3.05, 3.63) is 99.4 Å². The van der Waals surface area contributed by atoms with Crippen LogP contribution in [0.15, 0.2) is 71.7 Å². The van der Waals surface area contributed by atoms with Gasteiger partial charge in [0.05, 0.1) is 16.8 Å². The van der Waals surface area contributed by atoms with Crippen molar-refractivity contribution in [3.8, 4) is 5.75 Å². The number of thiazole rings is 1. The number of rotatable bonds is 14. The Bertz CT molecular complexity index is 1760. The Kier molecular flexibility index (Phi) is 10.9. The maximum atomic E-state index is 14.1. The van der Waals surface area contributed by atoms with Crippen LogP contribution in [0.2, 0.25) is 0 Å². The Morgan fingerprint density at radius 2 is 1.98 bits per heavy atom. The van der Waals surface area contributed by atoms with Gasteiger partial charge in [-0.25, -0.2) is 13.8 Å². The summed E-state index contributed by atoms with van der Waals surface area (Å²) in [5, 5.41) is 5.70. The maximum absolute atomic E-state index is 14.1. The van der Waals surface area contributed by atoms with Crippen LogP contribution in [0.25, 0.3) is 10.2 Å². The number of carbonyl (C=O) groups is 3. The first-order chi connectivity index (χ1) is 21.1. The van der Waals surface area contributed by atoms with Gasteiger partial charge < -0.3 is 30.4 Å². The molecule has 0 aliphatic heterocycles. The normalized spacial score (nSPS) is 11.9. The monoisotopic (exact) mass is 625 g/mol. The fourth-order valence-electron chi connectivity index (χ4n) is 4.17. The minimum Gasteiger partial charge on any atom is -0.487 e. The Balaban J connectivity index is 1.48. The number of benzene rings is 2. The second-order valence-electron chi connectivity index (χ2n) is 9.52. The number of carbonyl (C=O) groups excluding carboxylic acids is 3. The smallest absolute Gasteiger partial charge is 0.274 e. The largest absolute Gasteiger partial charge is 0.487 e. The van der Waals surface area contributed by atoms with E-state index >= 15 is 0 Å². The molecule has 0 fully saturated rings. The minimum atomic E-state index is -1.02. The van der Waals surface area contributed by atoms with Crippen molar-refractivity contribution < 1.29 is 32.6 Å². The summed E-state index contributed by atoms with van der Waals surface area (Å²) in [6, 6.07) is 10.5. The number of nitrogens with zero attached hydrogens (tertiary/aromatic N) is 2. The number of halogens is 2. The fraction of sp³-hybridized carbons (Fsp3) is 0.233. The summed E-state index contributed by atoms with van der Waals surface area (Å²) in [6.45, 7) is -0.301. The molecule has 0 unspecified atom stereocenters. The molecule has 2 aromatic carbocycles. The van der Waals surface area contributed by atoms with Crippen LogP contribution in [-0.2, 0) is 32.3 Å². The van der Waals surface area contributed by atoms with Crippen molar-refractivity contribution >= 4 is 45.0 Å². The summed E-state index contributed by atoms with van der Waals surface area (Å²) >= 11 is 1.28. The van der Waals surface area contributed by atoms with Crippen molar-refractivity contribution in [2.24, 2.45) is 5.73 Å². The number of allylic oxidation sites excluding steroid dienone is 1. The average Bonchev–Trinajstić information content (AvgIpc) is 3.39. The van der Waals surface area contributed by atoms with Crippen LogP contribution in [0.3, 0.4) is 0 Å². The Morgan fingerprint density at radius 3 is 2.73 bits per heavy atom. The highest BCUT2D eigenvalue weighted by Crippen LogP contribution is 2.32. The Morgan fingerprint density at radius 1 is 1.16 bits per heavy atom. The SMILES string of the molecule is COCC(=O)N[C@@H](CC/C=C/C(N)=O)C(=O)Nc1cccn(Cc2nc3cccc(OCc4ccc(F)cc4F)c3s2)c1=O.